The Morgan fingerprint density at radius 3 is 2.50 bits per heavy atom. The van der Waals surface area contributed by atoms with E-state index < -0.39 is 0 Å². The molecule has 18 heavy (non-hydrogen) atoms. The van der Waals surface area contributed by atoms with Gasteiger partial charge in [0.2, 0.25) is 0 Å². The highest BCUT2D eigenvalue weighted by Crippen LogP contribution is 2.21. The SMILES string of the molecule is CSCCCC(CN)N1CCC(CN(C)C)CC1. The van der Waals surface area contributed by atoms with Crippen LogP contribution >= 0.6 is 11.8 Å². The van der Waals surface area contributed by atoms with Crippen LogP contribution in [0.25, 0.3) is 0 Å². The molecule has 1 aliphatic rings. The first-order valence-electron chi connectivity index (χ1n) is 7.25. The van der Waals surface area contributed by atoms with Gasteiger partial charge >= 0.3 is 0 Å². The Bertz CT molecular complexity index is 203. The number of rotatable bonds is 8. The highest BCUT2D eigenvalue weighted by Gasteiger charge is 2.24. The molecule has 0 bridgehead atoms. The van der Waals surface area contributed by atoms with Gasteiger partial charge in [-0.1, -0.05) is 0 Å². The number of nitrogens with two attached hydrogens (primary N) is 1. The van der Waals surface area contributed by atoms with Crippen LogP contribution in [0.3, 0.4) is 0 Å². The molecule has 4 heteroatoms. The Morgan fingerprint density at radius 1 is 1.33 bits per heavy atom. The largest absolute Gasteiger partial charge is 0.329 e. The highest BCUT2D eigenvalue weighted by molar-refractivity contribution is 7.98. The van der Waals surface area contributed by atoms with Crippen LogP contribution in [0, 0.1) is 5.92 Å². The van der Waals surface area contributed by atoms with Gasteiger partial charge in [0.1, 0.15) is 0 Å². The maximum absolute atomic E-state index is 5.94. The maximum Gasteiger partial charge on any atom is 0.0218 e. The summed E-state index contributed by atoms with van der Waals surface area (Å²) in [6, 6.07) is 0.623. The molecule has 0 spiro atoms. The molecule has 1 unspecified atom stereocenters. The Kier molecular flexibility index (Phi) is 8.31. The Hall–Kier alpha value is 0.230. The van der Waals surface area contributed by atoms with Crippen molar-refractivity contribution >= 4 is 11.8 Å². The van der Waals surface area contributed by atoms with Crippen LogP contribution in [-0.2, 0) is 0 Å². The third kappa shape index (κ3) is 5.91. The predicted molar refractivity (Wildman–Crippen MR) is 83.3 cm³/mol. The van der Waals surface area contributed by atoms with Gasteiger partial charge in [-0.2, -0.15) is 11.8 Å². The summed E-state index contributed by atoms with van der Waals surface area (Å²) in [6.07, 6.45) is 7.45. The zero-order valence-corrected chi connectivity index (χ0v) is 13.2. The van der Waals surface area contributed by atoms with Crippen molar-refractivity contribution in [3.05, 3.63) is 0 Å². The third-order valence-corrected chi connectivity index (χ3v) is 4.64. The number of thioether (sulfide) groups is 1. The lowest BCUT2D eigenvalue weighted by atomic mass is 9.94. The van der Waals surface area contributed by atoms with Crippen LogP contribution in [0.15, 0.2) is 0 Å². The van der Waals surface area contributed by atoms with E-state index in [0.717, 1.165) is 12.5 Å². The van der Waals surface area contributed by atoms with E-state index in [1.807, 2.05) is 11.8 Å². The fourth-order valence-electron chi connectivity index (χ4n) is 2.93. The van der Waals surface area contributed by atoms with E-state index in [1.165, 1.54) is 51.1 Å². The van der Waals surface area contributed by atoms with Crippen LogP contribution in [0.2, 0.25) is 0 Å². The number of likely N-dealkylation sites (tertiary alicyclic amines) is 1. The van der Waals surface area contributed by atoms with Crippen LogP contribution in [-0.4, -0.2) is 68.1 Å². The monoisotopic (exact) mass is 273 g/mol. The number of hydrogen-bond donors (Lipinski definition) is 1. The van der Waals surface area contributed by atoms with E-state index in [2.05, 4.69) is 30.2 Å². The lowest BCUT2D eigenvalue weighted by Gasteiger charge is -2.38. The maximum atomic E-state index is 5.94. The van der Waals surface area contributed by atoms with Crippen molar-refractivity contribution in [3.8, 4) is 0 Å². The Balaban J connectivity index is 2.26. The number of hydrogen-bond acceptors (Lipinski definition) is 4. The van der Waals surface area contributed by atoms with Crippen molar-refractivity contribution in [3.63, 3.8) is 0 Å². The standard InChI is InChI=1S/C14H31N3S/c1-16(2)12-13-6-8-17(9-7-13)14(11-15)5-4-10-18-3/h13-14H,4-12,15H2,1-3H3. The molecule has 0 aromatic rings. The van der Waals surface area contributed by atoms with Crippen molar-refractivity contribution < 1.29 is 0 Å². The Morgan fingerprint density at radius 2 is 2.00 bits per heavy atom. The summed E-state index contributed by atoms with van der Waals surface area (Å²) in [5.74, 6) is 2.16. The molecule has 3 nitrogen and oxygen atoms in total. The minimum Gasteiger partial charge on any atom is -0.329 e. The molecule has 1 saturated heterocycles. The molecule has 1 rings (SSSR count). The first kappa shape index (κ1) is 16.3. The number of piperidine rings is 1. The van der Waals surface area contributed by atoms with Gasteiger partial charge in [0, 0.05) is 19.1 Å². The topological polar surface area (TPSA) is 32.5 Å². The second-order valence-electron chi connectivity index (χ2n) is 5.77. The first-order valence-corrected chi connectivity index (χ1v) is 8.64. The smallest absolute Gasteiger partial charge is 0.0218 e. The fourth-order valence-corrected chi connectivity index (χ4v) is 3.39. The fraction of sp³-hybridized carbons (Fsp3) is 1.00. The summed E-state index contributed by atoms with van der Waals surface area (Å²) in [7, 11) is 4.36. The number of nitrogens with zero attached hydrogens (tertiary/aromatic N) is 2. The van der Waals surface area contributed by atoms with Gasteiger partial charge in [-0.15, -0.1) is 0 Å². The van der Waals surface area contributed by atoms with Gasteiger partial charge in [0.15, 0.2) is 0 Å². The molecule has 0 aromatic heterocycles. The summed E-state index contributed by atoms with van der Waals surface area (Å²) in [5, 5.41) is 0. The minimum atomic E-state index is 0.623. The molecule has 1 atom stereocenters. The van der Waals surface area contributed by atoms with E-state index in [4.69, 9.17) is 5.73 Å². The second kappa shape index (κ2) is 9.18. The molecule has 0 saturated carbocycles. The lowest BCUT2D eigenvalue weighted by molar-refractivity contribution is 0.117. The van der Waals surface area contributed by atoms with Gasteiger partial charge < -0.3 is 10.6 Å². The molecule has 1 aliphatic heterocycles. The normalized spacial score (nSPS) is 20.5. The molecular weight excluding hydrogens is 242 g/mol. The molecule has 0 aliphatic carbocycles. The summed E-state index contributed by atoms with van der Waals surface area (Å²) in [4.78, 5) is 4.95. The first-order chi connectivity index (χ1) is 8.67. The summed E-state index contributed by atoms with van der Waals surface area (Å²) in [6.45, 7) is 4.57. The van der Waals surface area contributed by atoms with Crippen LogP contribution in [0.1, 0.15) is 25.7 Å². The van der Waals surface area contributed by atoms with Gasteiger partial charge in [-0.05, 0) is 70.8 Å². The second-order valence-corrected chi connectivity index (χ2v) is 6.75. The van der Waals surface area contributed by atoms with Crippen LogP contribution in [0.5, 0.6) is 0 Å². The van der Waals surface area contributed by atoms with E-state index in [9.17, 15) is 0 Å². The molecule has 0 radical (unpaired) electrons. The molecule has 2 N–H and O–H groups in total. The zero-order chi connectivity index (χ0) is 13.4. The van der Waals surface area contributed by atoms with Crippen LogP contribution < -0.4 is 5.73 Å². The highest BCUT2D eigenvalue weighted by atomic mass is 32.2. The van der Waals surface area contributed by atoms with Crippen molar-refractivity contribution in [1.29, 1.82) is 0 Å². The molecule has 108 valence electrons. The third-order valence-electron chi connectivity index (χ3n) is 3.95. The van der Waals surface area contributed by atoms with Crippen molar-refractivity contribution in [2.75, 3.05) is 52.3 Å². The Labute approximate surface area is 117 Å². The summed E-state index contributed by atoms with van der Waals surface area (Å²) in [5.41, 5.74) is 5.94. The molecule has 0 amide bonds. The van der Waals surface area contributed by atoms with Crippen LogP contribution in [0.4, 0.5) is 0 Å². The molecule has 1 heterocycles. The van der Waals surface area contributed by atoms with Crippen molar-refractivity contribution in [2.24, 2.45) is 11.7 Å². The van der Waals surface area contributed by atoms with Gasteiger partial charge in [-0.3, -0.25) is 4.90 Å². The average molecular weight is 273 g/mol. The van der Waals surface area contributed by atoms with E-state index >= 15 is 0 Å². The lowest BCUT2D eigenvalue weighted by Crippen LogP contribution is -2.46. The van der Waals surface area contributed by atoms with E-state index in [1.54, 1.807) is 0 Å². The van der Waals surface area contributed by atoms with Crippen molar-refractivity contribution in [1.82, 2.24) is 9.80 Å². The summed E-state index contributed by atoms with van der Waals surface area (Å²) < 4.78 is 0. The molecule has 0 aromatic carbocycles. The van der Waals surface area contributed by atoms with Gasteiger partial charge in [0.25, 0.3) is 0 Å². The summed E-state index contributed by atoms with van der Waals surface area (Å²) >= 11 is 1.94. The van der Waals surface area contributed by atoms with Gasteiger partial charge in [0.05, 0.1) is 0 Å². The molecule has 1 fully saturated rings. The van der Waals surface area contributed by atoms with Gasteiger partial charge in [-0.25, -0.2) is 0 Å². The molecular formula is C14H31N3S. The predicted octanol–water partition coefficient (Wildman–Crippen LogP) is 1.73. The van der Waals surface area contributed by atoms with E-state index in [-0.39, 0.29) is 0 Å². The minimum absolute atomic E-state index is 0.623. The average Bonchev–Trinajstić information content (AvgIpc) is 2.35. The zero-order valence-electron chi connectivity index (χ0n) is 12.4. The quantitative estimate of drug-likeness (QED) is 0.683. The van der Waals surface area contributed by atoms with Crippen molar-refractivity contribution in [2.45, 2.75) is 31.7 Å². The van der Waals surface area contributed by atoms with E-state index in [0.29, 0.717) is 6.04 Å².